The van der Waals surface area contributed by atoms with Crippen LogP contribution in [0.25, 0.3) is 0 Å². The third kappa shape index (κ3) is 5.91. The van der Waals surface area contributed by atoms with Crippen molar-refractivity contribution in [1.29, 1.82) is 0 Å². The van der Waals surface area contributed by atoms with Crippen molar-refractivity contribution in [3.05, 3.63) is 36.6 Å². The minimum atomic E-state index is 0.0201. The van der Waals surface area contributed by atoms with E-state index in [-0.39, 0.29) is 11.8 Å². The summed E-state index contributed by atoms with van der Waals surface area (Å²) in [5.41, 5.74) is 0.844. The first kappa shape index (κ1) is 11.7. The standard InChI is InChI=1S/C11H17NO/c1-5-6-7-8-10(4)12-11(13)9(2)3/h5-9H,1H2,2-4H3,(H,12,13)/b7-6-,10-8+. The van der Waals surface area contributed by atoms with E-state index in [2.05, 4.69) is 11.9 Å². The molecule has 0 aliphatic heterocycles. The predicted octanol–water partition coefficient (Wildman–Crippen LogP) is 2.40. The Morgan fingerprint density at radius 3 is 2.46 bits per heavy atom. The molecule has 0 aromatic heterocycles. The number of allylic oxidation sites excluding steroid dienone is 5. The second kappa shape index (κ2) is 6.23. The second-order valence-corrected chi connectivity index (χ2v) is 3.11. The van der Waals surface area contributed by atoms with E-state index in [1.54, 1.807) is 6.08 Å². The molecular weight excluding hydrogens is 162 g/mol. The lowest BCUT2D eigenvalue weighted by Gasteiger charge is -2.06. The molecular formula is C11H17NO. The van der Waals surface area contributed by atoms with Crippen LogP contribution < -0.4 is 5.32 Å². The SMILES string of the molecule is C=C/C=C\C=C(/C)NC(=O)C(C)C. The first-order valence-corrected chi connectivity index (χ1v) is 4.34. The average Bonchev–Trinajstić information content (AvgIpc) is 2.04. The number of hydrogen-bond acceptors (Lipinski definition) is 1. The maximum Gasteiger partial charge on any atom is 0.226 e. The zero-order valence-electron chi connectivity index (χ0n) is 8.50. The van der Waals surface area contributed by atoms with E-state index in [0.29, 0.717) is 0 Å². The molecule has 0 spiro atoms. The Morgan fingerprint density at radius 1 is 1.38 bits per heavy atom. The highest BCUT2D eigenvalue weighted by Crippen LogP contribution is 1.95. The fraction of sp³-hybridized carbons (Fsp3) is 0.364. The molecule has 0 aromatic carbocycles. The van der Waals surface area contributed by atoms with E-state index in [4.69, 9.17) is 0 Å². The van der Waals surface area contributed by atoms with Gasteiger partial charge in [0.1, 0.15) is 0 Å². The largest absolute Gasteiger partial charge is 0.330 e. The highest BCUT2D eigenvalue weighted by Gasteiger charge is 2.04. The molecule has 2 nitrogen and oxygen atoms in total. The van der Waals surface area contributed by atoms with Crippen molar-refractivity contribution in [3.8, 4) is 0 Å². The van der Waals surface area contributed by atoms with E-state index >= 15 is 0 Å². The van der Waals surface area contributed by atoms with Crippen molar-refractivity contribution >= 4 is 5.91 Å². The minimum absolute atomic E-state index is 0.0201. The molecule has 0 saturated carbocycles. The molecule has 0 atom stereocenters. The molecule has 0 radical (unpaired) electrons. The summed E-state index contributed by atoms with van der Waals surface area (Å²) in [5.74, 6) is 0.0625. The summed E-state index contributed by atoms with van der Waals surface area (Å²) in [6.45, 7) is 9.12. The summed E-state index contributed by atoms with van der Waals surface area (Å²) < 4.78 is 0. The van der Waals surface area contributed by atoms with Gasteiger partial charge in [-0.1, -0.05) is 38.7 Å². The third-order valence-corrected chi connectivity index (χ3v) is 1.44. The molecule has 1 N–H and O–H groups in total. The molecule has 0 heterocycles. The molecule has 1 amide bonds. The van der Waals surface area contributed by atoms with Crippen LogP contribution in [0.4, 0.5) is 0 Å². The maximum atomic E-state index is 11.2. The van der Waals surface area contributed by atoms with Crippen LogP contribution in [0.3, 0.4) is 0 Å². The smallest absolute Gasteiger partial charge is 0.226 e. The number of carbonyl (C=O) groups is 1. The molecule has 0 rings (SSSR count). The van der Waals surface area contributed by atoms with Gasteiger partial charge in [-0.15, -0.1) is 0 Å². The second-order valence-electron chi connectivity index (χ2n) is 3.11. The van der Waals surface area contributed by atoms with Crippen molar-refractivity contribution in [1.82, 2.24) is 5.32 Å². The summed E-state index contributed by atoms with van der Waals surface area (Å²) in [6.07, 6.45) is 7.17. The van der Waals surface area contributed by atoms with Crippen molar-refractivity contribution in [2.24, 2.45) is 5.92 Å². The third-order valence-electron chi connectivity index (χ3n) is 1.44. The van der Waals surface area contributed by atoms with Gasteiger partial charge in [0, 0.05) is 11.6 Å². The molecule has 72 valence electrons. The Kier molecular flexibility index (Phi) is 5.60. The summed E-state index contributed by atoms with van der Waals surface area (Å²) in [7, 11) is 0. The lowest BCUT2D eigenvalue weighted by molar-refractivity contribution is -0.123. The van der Waals surface area contributed by atoms with Gasteiger partial charge in [-0.25, -0.2) is 0 Å². The Balaban J connectivity index is 4.06. The Labute approximate surface area is 80.0 Å². The summed E-state index contributed by atoms with van der Waals surface area (Å²) >= 11 is 0. The quantitative estimate of drug-likeness (QED) is 0.660. The first-order chi connectivity index (χ1) is 6.07. The first-order valence-electron chi connectivity index (χ1n) is 4.34. The van der Waals surface area contributed by atoms with Crippen LogP contribution in [0.5, 0.6) is 0 Å². The van der Waals surface area contributed by atoms with E-state index in [9.17, 15) is 4.79 Å². The van der Waals surface area contributed by atoms with Crippen LogP contribution in [0.2, 0.25) is 0 Å². The Bertz CT molecular complexity index is 236. The zero-order valence-corrected chi connectivity index (χ0v) is 8.50. The van der Waals surface area contributed by atoms with Gasteiger partial charge in [0.25, 0.3) is 0 Å². The maximum absolute atomic E-state index is 11.2. The predicted molar refractivity (Wildman–Crippen MR) is 56.1 cm³/mol. The normalized spacial score (nSPS) is 12.2. The van der Waals surface area contributed by atoms with Crippen LogP contribution >= 0.6 is 0 Å². The van der Waals surface area contributed by atoms with Crippen LogP contribution in [-0.2, 0) is 4.79 Å². The zero-order chi connectivity index (χ0) is 10.3. The molecule has 0 unspecified atom stereocenters. The number of amides is 1. The number of hydrogen-bond donors (Lipinski definition) is 1. The van der Waals surface area contributed by atoms with E-state index in [1.807, 2.05) is 39.0 Å². The molecule has 0 aliphatic rings. The van der Waals surface area contributed by atoms with Crippen LogP contribution in [-0.4, -0.2) is 5.91 Å². The number of carbonyl (C=O) groups excluding carboxylic acids is 1. The van der Waals surface area contributed by atoms with E-state index < -0.39 is 0 Å². The van der Waals surface area contributed by atoms with Gasteiger partial charge < -0.3 is 5.32 Å². The molecule has 0 aliphatic carbocycles. The van der Waals surface area contributed by atoms with Gasteiger partial charge in [0.15, 0.2) is 0 Å². The van der Waals surface area contributed by atoms with Crippen LogP contribution in [0.15, 0.2) is 36.6 Å². The van der Waals surface area contributed by atoms with Gasteiger partial charge >= 0.3 is 0 Å². The molecule has 2 heteroatoms. The molecule has 0 saturated heterocycles. The van der Waals surface area contributed by atoms with Crippen molar-refractivity contribution in [2.45, 2.75) is 20.8 Å². The monoisotopic (exact) mass is 179 g/mol. The van der Waals surface area contributed by atoms with Gasteiger partial charge in [-0.3, -0.25) is 4.79 Å². The van der Waals surface area contributed by atoms with Gasteiger partial charge in [-0.2, -0.15) is 0 Å². The highest BCUT2D eigenvalue weighted by molar-refractivity contribution is 5.79. The van der Waals surface area contributed by atoms with E-state index in [1.165, 1.54) is 0 Å². The van der Waals surface area contributed by atoms with Gasteiger partial charge in [0.2, 0.25) is 5.91 Å². The summed E-state index contributed by atoms with van der Waals surface area (Å²) in [4.78, 5) is 11.2. The summed E-state index contributed by atoms with van der Waals surface area (Å²) in [6, 6.07) is 0. The number of nitrogens with one attached hydrogen (secondary N) is 1. The summed E-state index contributed by atoms with van der Waals surface area (Å²) in [5, 5.41) is 2.77. The average molecular weight is 179 g/mol. The molecule has 0 bridgehead atoms. The van der Waals surface area contributed by atoms with Gasteiger partial charge in [-0.05, 0) is 13.0 Å². The van der Waals surface area contributed by atoms with E-state index in [0.717, 1.165) is 5.70 Å². The van der Waals surface area contributed by atoms with Crippen LogP contribution in [0, 0.1) is 5.92 Å². The van der Waals surface area contributed by atoms with Crippen molar-refractivity contribution < 1.29 is 4.79 Å². The van der Waals surface area contributed by atoms with Gasteiger partial charge in [0.05, 0.1) is 0 Å². The van der Waals surface area contributed by atoms with Crippen LogP contribution in [0.1, 0.15) is 20.8 Å². The van der Waals surface area contributed by atoms with Crippen molar-refractivity contribution in [3.63, 3.8) is 0 Å². The molecule has 0 fully saturated rings. The minimum Gasteiger partial charge on any atom is -0.330 e. The molecule has 0 aromatic rings. The lowest BCUT2D eigenvalue weighted by Crippen LogP contribution is -2.25. The Morgan fingerprint density at radius 2 is 2.00 bits per heavy atom. The van der Waals surface area contributed by atoms with Crippen molar-refractivity contribution in [2.75, 3.05) is 0 Å². The fourth-order valence-electron chi connectivity index (χ4n) is 0.659. The highest BCUT2D eigenvalue weighted by atomic mass is 16.1. The number of rotatable bonds is 4. The Hall–Kier alpha value is -1.31. The topological polar surface area (TPSA) is 29.1 Å². The fourth-order valence-corrected chi connectivity index (χ4v) is 0.659. The lowest BCUT2D eigenvalue weighted by atomic mass is 10.2. The molecule has 13 heavy (non-hydrogen) atoms.